The normalized spacial score (nSPS) is 26.2. The molecule has 2 aromatic carbocycles. The zero-order valence-corrected chi connectivity index (χ0v) is 30.3. The Bertz CT molecular complexity index is 2270. The molecule has 4 aliphatic rings. The maximum atomic E-state index is 14.6. The van der Waals surface area contributed by atoms with E-state index in [1.807, 2.05) is 60.7 Å². The van der Waals surface area contributed by atoms with Gasteiger partial charge in [-0.25, -0.2) is 18.4 Å². The van der Waals surface area contributed by atoms with Gasteiger partial charge in [0, 0.05) is 35.5 Å². The van der Waals surface area contributed by atoms with Crippen LogP contribution < -0.4 is 20.1 Å². The Kier molecular flexibility index (Phi) is 9.50. The van der Waals surface area contributed by atoms with Gasteiger partial charge in [-0.05, 0) is 56.0 Å². The number of carbonyl (C=O) groups is 4. The lowest BCUT2D eigenvalue weighted by molar-refractivity contribution is -0.141. The number of nitrogens with zero attached hydrogens (tertiary/aromatic N) is 4. The van der Waals surface area contributed by atoms with Gasteiger partial charge in [0.05, 0.1) is 23.5 Å². The summed E-state index contributed by atoms with van der Waals surface area (Å²) >= 11 is 0. The van der Waals surface area contributed by atoms with Crippen molar-refractivity contribution in [3.05, 3.63) is 85.0 Å². The van der Waals surface area contributed by atoms with Crippen molar-refractivity contribution in [1.29, 1.82) is 0 Å². The summed E-state index contributed by atoms with van der Waals surface area (Å²) in [4.78, 5) is 70.4. The molecular formula is C39H41N7O7S. The summed E-state index contributed by atoms with van der Waals surface area (Å²) in [5, 5.41) is 7.76. The fourth-order valence-corrected chi connectivity index (χ4v) is 8.98. The highest BCUT2D eigenvalue weighted by Crippen LogP contribution is 2.46. The lowest BCUT2D eigenvalue weighted by Gasteiger charge is -2.29. The van der Waals surface area contributed by atoms with E-state index in [9.17, 15) is 27.6 Å². The Morgan fingerprint density at radius 3 is 2.50 bits per heavy atom. The van der Waals surface area contributed by atoms with Gasteiger partial charge in [-0.1, -0.05) is 61.4 Å². The Balaban J connectivity index is 1.12. The number of allylic oxidation sites excluding steroid dienone is 1. The summed E-state index contributed by atoms with van der Waals surface area (Å²) < 4.78 is 34.5. The number of rotatable bonds is 7. The van der Waals surface area contributed by atoms with Gasteiger partial charge < -0.3 is 20.3 Å². The van der Waals surface area contributed by atoms with Crippen LogP contribution in [0, 0.1) is 5.92 Å². The molecule has 0 bridgehead atoms. The van der Waals surface area contributed by atoms with E-state index in [0.717, 1.165) is 34.5 Å². The fraction of sp³-hybridized carbons (Fsp3) is 0.410. The number of para-hydroxylation sites is 1. The lowest BCUT2D eigenvalue weighted by Crippen LogP contribution is -2.58. The number of ether oxygens (including phenoxy) is 1. The van der Waals surface area contributed by atoms with Gasteiger partial charge in [-0.3, -0.25) is 28.9 Å². The van der Waals surface area contributed by atoms with Crippen LogP contribution in [0.25, 0.3) is 21.7 Å². The molecule has 4 aromatic rings. The van der Waals surface area contributed by atoms with Crippen molar-refractivity contribution in [3.8, 4) is 5.88 Å². The fourth-order valence-electron chi connectivity index (χ4n) is 7.62. The van der Waals surface area contributed by atoms with Crippen molar-refractivity contribution < 1.29 is 32.3 Å². The average Bonchev–Trinajstić information content (AvgIpc) is 4.11. The van der Waals surface area contributed by atoms with E-state index >= 15 is 0 Å². The molecule has 2 aliphatic carbocycles. The van der Waals surface area contributed by atoms with Gasteiger partial charge in [0.15, 0.2) is 0 Å². The number of aromatic nitrogens is 3. The highest BCUT2D eigenvalue weighted by molar-refractivity contribution is 7.91. The number of carbonyl (C=O) groups excluding carboxylic acids is 4. The first-order valence-electron chi connectivity index (χ1n) is 18.5. The first kappa shape index (κ1) is 35.6. The van der Waals surface area contributed by atoms with Crippen LogP contribution >= 0.6 is 0 Å². The minimum Gasteiger partial charge on any atom is -0.472 e. The number of hydrogen-bond donors (Lipinski definition) is 3. The highest BCUT2D eigenvalue weighted by atomic mass is 32.2. The van der Waals surface area contributed by atoms with Crippen molar-refractivity contribution in [1.82, 2.24) is 35.2 Å². The minimum atomic E-state index is -3.89. The van der Waals surface area contributed by atoms with Crippen LogP contribution in [0.15, 0.2) is 79.3 Å². The van der Waals surface area contributed by atoms with Crippen molar-refractivity contribution in [2.24, 2.45) is 5.92 Å². The molecule has 5 atom stereocenters. The van der Waals surface area contributed by atoms with E-state index in [1.54, 1.807) is 0 Å². The van der Waals surface area contributed by atoms with Gasteiger partial charge >= 0.3 is 0 Å². The Morgan fingerprint density at radius 1 is 0.944 bits per heavy atom. The van der Waals surface area contributed by atoms with E-state index in [1.165, 1.54) is 23.5 Å². The predicted octanol–water partition coefficient (Wildman–Crippen LogP) is 3.33. The molecule has 2 aromatic heterocycles. The van der Waals surface area contributed by atoms with Crippen LogP contribution in [0.5, 0.6) is 5.88 Å². The highest BCUT2D eigenvalue weighted by Gasteiger charge is 2.62. The molecule has 3 N–H and O–H groups in total. The number of amides is 4. The van der Waals surface area contributed by atoms with Crippen LogP contribution in [0.1, 0.15) is 68.3 Å². The Hall–Kier alpha value is -5.44. The van der Waals surface area contributed by atoms with Crippen LogP contribution in [0.4, 0.5) is 0 Å². The average molecular weight is 752 g/mol. The molecule has 0 spiro atoms. The molecule has 15 heteroatoms. The monoisotopic (exact) mass is 751 g/mol. The topological polar surface area (TPSA) is 190 Å². The number of hydrogen-bond acceptors (Lipinski definition) is 10. The SMILES string of the molecule is O=C(N[C@H]1CCCCCC=C[C@@H]2C[C@@]2(C(=O)NS(=O)(=O)C2CC2)NC(=O)[C@@H]2C[C@@H](Oc3nc4ccccc4c4ccccc34)CN2C1=O)c1cnccn1. The van der Waals surface area contributed by atoms with Gasteiger partial charge in [0.25, 0.3) is 11.8 Å². The maximum Gasteiger partial charge on any atom is 0.272 e. The third-order valence-electron chi connectivity index (χ3n) is 10.8. The zero-order valence-electron chi connectivity index (χ0n) is 29.5. The zero-order chi connectivity index (χ0) is 37.5. The number of sulfonamides is 1. The standard InChI is InChI=1S/C39H41N7O7S/c47-34(32-22-40-18-19-41-32)42-31-15-5-3-1-2-4-10-24-21-39(24,38(50)45-54(51,52)26-16-17-26)44-35(48)33-20-25(23-46(33)37(31)49)53-36-29-13-7-6-11-27(29)28-12-8-9-14-30(28)43-36/h4,6-14,18-19,22,24-26,31,33H,1-3,5,15-17,20-21,23H2,(H,42,47)(H,44,48)(H,45,50)/t24-,25-,31+,33+,39-/m1/s1. The van der Waals surface area contributed by atoms with E-state index in [2.05, 4.69) is 25.3 Å². The summed E-state index contributed by atoms with van der Waals surface area (Å²) in [6, 6.07) is 13.3. The van der Waals surface area contributed by atoms with Crippen molar-refractivity contribution in [3.63, 3.8) is 0 Å². The first-order valence-corrected chi connectivity index (χ1v) is 20.0. The first-order chi connectivity index (χ1) is 26.1. The van der Waals surface area contributed by atoms with Crippen molar-refractivity contribution >= 4 is 55.3 Å². The Morgan fingerprint density at radius 2 is 1.72 bits per heavy atom. The van der Waals surface area contributed by atoms with Gasteiger partial charge in [-0.15, -0.1) is 0 Å². The molecular weight excluding hydrogens is 711 g/mol. The van der Waals surface area contributed by atoms with Crippen LogP contribution in [-0.4, -0.2) is 87.4 Å². The summed E-state index contributed by atoms with van der Waals surface area (Å²) in [6.45, 7) is -0.00411. The molecule has 14 nitrogen and oxygen atoms in total. The van der Waals surface area contributed by atoms with Crippen molar-refractivity contribution in [2.45, 2.75) is 86.8 Å². The second-order valence-corrected chi connectivity index (χ2v) is 16.6. The van der Waals surface area contributed by atoms with Crippen LogP contribution in [0.2, 0.25) is 0 Å². The number of fused-ring (bicyclic) bond motifs is 5. The van der Waals surface area contributed by atoms with E-state index in [4.69, 9.17) is 9.72 Å². The summed E-state index contributed by atoms with van der Waals surface area (Å²) in [7, 11) is -3.89. The smallest absolute Gasteiger partial charge is 0.272 e. The molecule has 8 rings (SSSR count). The van der Waals surface area contributed by atoms with Gasteiger partial charge in [0.1, 0.15) is 29.4 Å². The number of pyridine rings is 1. The van der Waals surface area contributed by atoms with E-state index in [0.29, 0.717) is 38.0 Å². The van der Waals surface area contributed by atoms with Gasteiger partial charge in [0.2, 0.25) is 27.7 Å². The quantitative estimate of drug-likeness (QED) is 0.187. The molecule has 1 saturated heterocycles. The lowest BCUT2D eigenvalue weighted by atomic mass is 10.0. The third kappa shape index (κ3) is 7.11. The number of nitrogens with one attached hydrogen (secondary N) is 3. The molecule has 2 saturated carbocycles. The summed E-state index contributed by atoms with van der Waals surface area (Å²) in [6.07, 6.45) is 11.7. The third-order valence-corrected chi connectivity index (χ3v) is 12.6. The molecule has 280 valence electrons. The number of benzene rings is 2. The van der Waals surface area contributed by atoms with Crippen molar-refractivity contribution in [2.75, 3.05) is 6.54 Å². The molecule has 0 radical (unpaired) electrons. The molecule has 54 heavy (non-hydrogen) atoms. The largest absolute Gasteiger partial charge is 0.472 e. The van der Waals surface area contributed by atoms with Crippen LogP contribution in [-0.2, 0) is 24.4 Å². The molecule has 3 fully saturated rings. The van der Waals surface area contributed by atoms with Gasteiger partial charge in [-0.2, -0.15) is 0 Å². The van der Waals surface area contributed by atoms with Crippen LogP contribution in [0.3, 0.4) is 0 Å². The summed E-state index contributed by atoms with van der Waals surface area (Å²) in [5.74, 6) is -2.53. The summed E-state index contributed by atoms with van der Waals surface area (Å²) in [5.41, 5.74) is -0.730. The second kappa shape index (κ2) is 14.4. The van der Waals surface area contributed by atoms with E-state index < -0.39 is 68.5 Å². The Labute approximate surface area is 312 Å². The minimum absolute atomic E-state index is 0.00411. The predicted molar refractivity (Wildman–Crippen MR) is 198 cm³/mol. The second-order valence-electron chi connectivity index (χ2n) is 14.6. The molecule has 4 amide bonds. The maximum absolute atomic E-state index is 14.6. The molecule has 0 unspecified atom stereocenters. The molecule has 2 aliphatic heterocycles. The molecule has 4 heterocycles. The van der Waals surface area contributed by atoms with E-state index in [-0.39, 0.29) is 25.1 Å².